The minimum Gasteiger partial charge on any atom is -0.481 e. The lowest BCUT2D eigenvalue weighted by Crippen LogP contribution is -2.53. The summed E-state index contributed by atoms with van der Waals surface area (Å²) in [6.45, 7) is 4.01. The molecule has 3 atom stereocenters. The van der Waals surface area contributed by atoms with Crippen molar-refractivity contribution in [2.75, 3.05) is 44.8 Å². The van der Waals surface area contributed by atoms with Gasteiger partial charge in [-0.1, -0.05) is 0 Å². The molecule has 4 heterocycles. The highest BCUT2D eigenvalue weighted by molar-refractivity contribution is 5.80. The first kappa shape index (κ1) is 15.6. The third kappa shape index (κ3) is 2.81. The Hall–Kier alpha value is -1.89. The first-order valence-corrected chi connectivity index (χ1v) is 8.77. The van der Waals surface area contributed by atoms with Gasteiger partial charge in [0.25, 0.3) is 0 Å². The molecule has 0 aromatic carbocycles. The quantitative estimate of drug-likeness (QED) is 0.821. The molecule has 7 nitrogen and oxygen atoms in total. The molecule has 1 aromatic rings. The van der Waals surface area contributed by atoms with E-state index >= 15 is 0 Å². The smallest absolute Gasteiger partial charge is 0.227 e. The van der Waals surface area contributed by atoms with Gasteiger partial charge in [-0.05, 0) is 19.3 Å². The van der Waals surface area contributed by atoms with Gasteiger partial charge in [0.1, 0.15) is 12.1 Å². The number of carbonyl (C=O) groups excluding carboxylic acids is 1. The highest BCUT2D eigenvalue weighted by atomic mass is 16.5. The topological polar surface area (TPSA) is 67.8 Å². The molecule has 1 amide bonds. The number of fused-ring (bicyclic) bond motifs is 1. The van der Waals surface area contributed by atoms with E-state index in [1.54, 1.807) is 7.11 Å². The third-order valence-electron chi connectivity index (χ3n) is 5.49. The van der Waals surface area contributed by atoms with E-state index in [0.29, 0.717) is 24.2 Å². The number of hydrogen-bond donors (Lipinski definition) is 0. The van der Waals surface area contributed by atoms with Crippen molar-refractivity contribution in [2.45, 2.75) is 25.4 Å². The second-order valence-electron chi connectivity index (χ2n) is 6.82. The van der Waals surface area contributed by atoms with Gasteiger partial charge in [0.15, 0.2) is 0 Å². The SMILES string of the molecule is COc1cc(N2C[C@H](C(=O)N3CCCC3)[C@@H]3CCO[C@@H]3C2)ncn1. The van der Waals surface area contributed by atoms with Crippen molar-refractivity contribution in [1.82, 2.24) is 14.9 Å². The van der Waals surface area contributed by atoms with Crippen LogP contribution in [0.1, 0.15) is 19.3 Å². The monoisotopic (exact) mass is 332 g/mol. The average Bonchev–Trinajstić information content (AvgIpc) is 3.31. The van der Waals surface area contributed by atoms with Crippen molar-refractivity contribution in [1.29, 1.82) is 0 Å². The summed E-state index contributed by atoms with van der Waals surface area (Å²) in [5, 5.41) is 0. The van der Waals surface area contributed by atoms with Crippen molar-refractivity contribution < 1.29 is 14.3 Å². The van der Waals surface area contributed by atoms with E-state index < -0.39 is 0 Å². The number of methoxy groups -OCH3 is 1. The summed E-state index contributed by atoms with van der Waals surface area (Å²) in [6.07, 6.45) is 4.84. The predicted octanol–water partition coefficient (Wildman–Crippen LogP) is 0.949. The van der Waals surface area contributed by atoms with E-state index in [0.717, 1.165) is 51.3 Å². The lowest BCUT2D eigenvalue weighted by molar-refractivity contribution is -0.137. The van der Waals surface area contributed by atoms with Crippen LogP contribution in [0.5, 0.6) is 5.88 Å². The average molecular weight is 332 g/mol. The van der Waals surface area contributed by atoms with Crippen molar-refractivity contribution >= 4 is 11.7 Å². The van der Waals surface area contributed by atoms with E-state index in [2.05, 4.69) is 14.9 Å². The Labute approximate surface area is 142 Å². The molecule has 0 N–H and O–H groups in total. The fraction of sp³-hybridized carbons (Fsp3) is 0.706. The highest BCUT2D eigenvalue weighted by Crippen LogP contribution is 2.36. The van der Waals surface area contributed by atoms with Gasteiger partial charge in [-0.25, -0.2) is 9.97 Å². The van der Waals surface area contributed by atoms with Crippen LogP contribution in [0.15, 0.2) is 12.4 Å². The Kier molecular flexibility index (Phi) is 4.26. The van der Waals surface area contributed by atoms with Crippen LogP contribution in [0.4, 0.5) is 5.82 Å². The second-order valence-corrected chi connectivity index (χ2v) is 6.82. The first-order chi connectivity index (χ1) is 11.8. The van der Waals surface area contributed by atoms with Gasteiger partial charge in [0, 0.05) is 44.8 Å². The number of aromatic nitrogens is 2. The molecule has 0 spiro atoms. The van der Waals surface area contributed by atoms with Gasteiger partial charge in [-0.15, -0.1) is 0 Å². The van der Waals surface area contributed by atoms with E-state index in [9.17, 15) is 4.79 Å². The van der Waals surface area contributed by atoms with E-state index in [4.69, 9.17) is 9.47 Å². The van der Waals surface area contributed by atoms with Gasteiger partial charge in [-0.3, -0.25) is 4.79 Å². The fourth-order valence-corrected chi connectivity index (χ4v) is 4.21. The summed E-state index contributed by atoms with van der Waals surface area (Å²) in [5.74, 6) is 1.95. The van der Waals surface area contributed by atoms with Crippen molar-refractivity contribution in [3.8, 4) is 5.88 Å². The summed E-state index contributed by atoms with van der Waals surface area (Å²) >= 11 is 0. The molecule has 4 rings (SSSR count). The number of anilines is 1. The Morgan fingerprint density at radius 3 is 2.92 bits per heavy atom. The Morgan fingerprint density at radius 2 is 2.12 bits per heavy atom. The number of carbonyl (C=O) groups is 1. The van der Waals surface area contributed by atoms with Crippen molar-refractivity contribution in [2.24, 2.45) is 11.8 Å². The second kappa shape index (κ2) is 6.55. The maximum absolute atomic E-state index is 13.0. The molecule has 1 aromatic heterocycles. The van der Waals surface area contributed by atoms with Gasteiger partial charge < -0.3 is 19.3 Å². The van der Waals surface area contributed by atoms with Crippen molar-refractivity contribution in [3.05, 3.63) is 12.4 Å². The standard InChI is InChI=1S/C17H24N4O3/c1-23-16-8-15(18-11-19-16)21-9-13(12-4-7-24-14(12)10-21)17(22)20-5-2-3-6-20/h8,11-14H,2-7,9-10H2,1H3/t12-,13-,14+/m0/s1. The maximum atomic E-state index is 13.0. The molecule has 24 heavy (non-hydrogen) atoms. The molecular formula is C17H24N4O3. The van der Waals surface area contributed by atoms with Gasteiger partial charge >= 0.3 is 0 Å². The molecule has 0 aliphatic carbocycles. The Bertz CT molecular complexity index is 605. The fourth-order valence-electron chi connectivity index (χ4n) is 4.21. The zero-order chi connectivity index (χ0) is 16.5. The van der Waals surface area contributed by atoms with Crippen LogP contribution >= 0.6 is 0 Å². The summed E-state index contributed by atoms with van der Waals surface area (Å²) < 4.78 is 11.1. The van der Waals surface area contributed by atoms with Crippen LogP contribution in [0.25, 0.3) is 0 Å². The largest absolute Gasteiger partial charge is 0.481 e. The van der Waals surface area contributed by atoms with Gasteiger partial charge in [0.05, 0.1) is 19.1 Å². The summed E-state index contributed by atoms with van der Waals surface area (Å²) in [7, 11) is 1.60. The molecule has 0 saturated carbocycles. The van der Waals surface area contributed by atoms with Crippen LogP contribution in [-0.2, 0) is 9.53 Å². The normalized spacial score (nSPS) is 29.6. The zero-order valence-corrected chi connectivity index (χ0v) is 14.1. The molecule has 130 valence electrons. The molecule has 7 heteroatoms. The van der Waals surface area contributed by atoms with Crippen molar-refractivity contribution in [3.63, 3.8) is 0 Å². The summed E-state index contributed by atoms with van der Waals surface area (Å²) in [6, 6.07) is 1.83. The Morgan fingerprint density at radius 1 is 1.29 bits per heavy atom. The summed E-state index contributed by atoms with van der Waals surface area (Å²) in [4.78, 5) is 25.7. The Balaban J connectivity index is 1.57. The highest BCUT2D eigenvalue weighted by Gasteiger charge is 2.45. The number of piperidine rings is 1. The van der Waals surface area contributed by atoms with Gasteiger partial charge in [0.2, 0.25) is 11.8 Å². The number of nitrogens with zero attached hydrogens (tertiary/aromatic N) is 4. The van der Waals surface area contributed by atoms with E-state index in [-0.39, 0.29) is 12.0 Å². The molecule has 0 radical (unpaired) electrons. The summed E-state index contributed by atoms with van der Waals surface area (Å²) in [5.41, 5.74) is 0. The number of likely N-dealkylation sites (tertiary alicyclic amines) is 1. The third-order valence-corrected chi connectivity index (χ3v) is 5.49. The maximum Gasteiger partial charge on any atom is 0.227 e. The molecule has 3 fully saturated rings. The molecule has 0 unspecified atom stereocenters. The minimum absolute atomic E-state index is 0.00897. The minimum atomic E-state index is -0.00897. The van der Waals surface area contributed by atoms with Crippen LogP contribution in [0.3, 0.4) is 0 Å². The molecule has 3 aliphatic rings. The lowest BCUT2D eigenvalue weighted by atomic mass is 9.82. The van der Waals surface area contributed by atoms with E-state index in [1.165, 1.54) is 6.33 Å². The number of ether oxygens (including phenoxy) is 2. The van der Waals surface area contributed by atoms with Crippen LogP contribution in [0.2, 0.25) is 0 Å². The molecule has 0 bridgehead atoms. The first-order valence-electron chi connectivity index (χ1n) is 8.77. The predicted molar refractivity (Wildman–Crippen MR) is 87.9 cm³/mol. The molecule has 3 saturated heterocycles. The molecule has 3 aliphatic heterocycles. The lowest BCUT2D eigenvalue weighted by Gasteiger charge is -2.41. The zero-order valence-electron chi connectivity index (χ0n) is 14.1. The molecular weight excluding hydrogens is 308 g/mol. The van der Waals surface area contributed by atoms with Crippen LogP contribution in [0, 0.1) is 11.8 Å². The number of hydrogen-bond acceptors (Lipinski definition) is 6. The number of amides is 1. The van der Waals surface area contributed by atoms with Gasteiger partial charge in [-0.2, -0.15) is 0 Å². The van der Waals surface area contributed by atoms with Crippen LogP contribution < -0.4 is 9.64 Å². The van der Waals surface area contributed by atoms with E-state index in [1.807, 2.05) is 11.0 Å². The number of rotatable bonds is 3. The van der Waals surface area contributed by atoms with Crippen LogP contribution in [-0.4, -0.2) is 66.8 Å².